The van der Waals surface area contributed by atoms with E-state index in [4.69, 9.17) is 4.74 Å². The lowest BCUT2D eigenvalue weighted by molar-refractivity contribution is 0.102. The Morgan fingerprint density at radius 2 is 1.97 bits per heavy atom. The molecular weight excluding hydrogens is 465 g/mol. The zero-order valence-electron chi connectivity index (χ0n) is 19.8. The highest BCUT2D eigenvalue weighted by atomic mass is 32.2. The molecule has 0 radical (unpaired) electrons. The lowest BCUT2D eigenvalue weighted by atomic mass is 10.1. The minimum atomic E-state index is -0.661. The van der Waals surface area contributed by atoms with Gasteiger partial charge < -0.3 is 19.9 Å². The number of hydrogen-bond acceptors (Lipinski definition) is 5. The number of carbonyl (C=O) groups excluding carboxylic acids is 1. The van der Waals surface area contributed by atoms with Gasteiger partial charge in [0.1, 0.15) is 23.1 Å². The summed E-state index contributed by atoms with van der Waals surface area (Å²) >= 11 is -0.661. The molecule has 0 bridgehead atoms. The molecule has 1 amide bonds. The second kappa shape index (κ2) is 10.5. The minimum Gasteiger partial charge on any atom is -0.616 e. The molecule has 2 fully saturated rings. The molecule has 8 heteroatoms. The van der Waals surface area contributed by atoms with Gasteiger partial charge in [-0.25, -0.2) is 4.39 Å². The van der Waals surface area contributed by atoms with Crippen LogP contribution < -0.4 is 15.4 Å². The molecule has 0 atom stereocenters. The fourth-order valence-electron chi connectivity index (χ4n) is 4.34. The lowest BCUT2D eigenvalue weighted by Crippen LogP contribution is -2.37. The Bertz CT molecular complexity index is 1230. The predicted octanol–water partition coefficient (Wildman–Crippen LogP) is 4.72. The van der Waals surface area contributed by atoms with Gasteiger partial charge in [0.15, 0.2) is 0 Å². The summed E-state index contributed by atoms with van der Waals surface area (Å²) in [6.07, 6.45) is 6.03. The zero-order valence-corrected chi connectivity index (χ0v) is 20.6. The van der Waals surface area contributed by atoms with Crippen molar-refractivity contribution < 1.29 is 18.5 Å². The minimum absolute atomic E-state index is 0.0239. The third-order valence-corrected chi connectivity index (χ3v) is 8.14. The number of anilines is 1. The molecule has 1 saturated carbocycles. The summed E-state index contributed by atoms with van der Waals surface area (Å²) in [4.78, 5) is 17.4. The van der Waals surface area contributed by atoms with E-state index >= 15 is 0 Å². The maximum absolute atomic E-state index is 14.6. The van der Waals surface area contributed by atoms with Crippen molar-refractivity contribution in [1.29, 1.82) is 0 Å². The number of aromatic nitrogens is 1. The van der Waals surface area contributed by atoms with Crippen LogP contribution >= 0.6 is 0 Å². The first-order valence-electron chi connectivity index (χ1n) is 12.2. The lowest BCUT2D eigenvalue weighted by Gasteiger charge is -2.25. The zero-order chi connectivity index (χ0) is 24.4. The summed E-state index contributed by atoms with van der Waals surface area (Å²) in [5, 5.41) is 7.35. The number of hydrogen-bond donors (Lipinski definition) is 2. The van der Waals surface area contributed by atoms with Gasteiger partial charge in [-0.2, -0.15) is 0 Å². The van der Waals surface area contributed by atoms with Crippen LogP contribution in [-0.2, 0) is 17.7 Å². The van der Waals surface area contributed by atoms with E-state index in [0.29, 0.717) is 36.5 Å². The highest BCUT2D eigenvalue weighted by Crippen LogP contribution is 2.30. The Morgan fingerprint density at radius 3 is 2.71 bits per heavy atom. The fraction of sp³-hybridized carbons (Fsp3) is 0.407. The van der Waals surface area contributed by atoms with Crippen molar-refractivity contribution in [1.82, 2.24) is 10.3 Å². The Morgan fingerprint density at radius 1 is 1.17 bits per heavy atom. The summed E-state index contributed by atoms with van der Waals surface area (Å²) in [5.41, 5.74) is 3.28. The number of pyridine rings is 1. The van der Waals surface area contributed by atoms with Gasteiger partial charge in [0.25, 0.3) is 5.91 Å². The standard InChI is InChI=1S/C27H30FN3O3S/c1-17-25(31-27(32)23-6-5-22(13-24(23)28)34-16-18-2-3-18)7-4-20-12-19(15-30-26(17)20)14-29-21-8-10-35(33)11-9-21/h4-7,12-13,15,18,21,29H,2-3,8-11,14,16H2,1H3,(H,31,32)/t21-,35-. The van der Waals surface area contributed by atoms with E-state index < -0.39 is 22.9 Å². The van der Waals surface area contributed by atoms with Crippen LogP contribution in [0.4, 0.5) is 10.1 Å². The van der Waals surface area contributed by atoms with Gasteiger partial charge in [-0.1, -0.05) is 17.2 Å². The quantitative estimate of drug-likeness (QED) is 0.442. The summed E-state index contributed by atoms with van der Waals surface area (Å²) < 4.78 is 31.7. The number of nitrogens with one attached hydrogen (secondary N) is 2. The van der Waals surface area contributed by atoms with Crippen LogP contribution in [0.5, 0.6) is 5.75 Å². The monoisotopic (exact) mass is 495 g/mol. The molecule has 35 heavy (non-hydrogen) atoms. The van der Waals surface area contributed by atoms with Crippen LogP contribution in [0.1, 0.15) is 47.2 Å². The Hall–Kier alpha value is -2.68. The molecule has 1 aromatic heterocycles. The van der Waals surface area contributed by atoms with Crippen LogP contribution in [0, 0.1) is 18.7 Å². The van der Waals surface area contributed by atoms with Gasteiger partial charge in [-0.3, -0.25) is 9.78 Å². The summed E-state index contributed by atoms with van der Waals surface area (Å²) in [6.45, 7) is 3.20. The fourth-order valence-corrected chi connectivity index (χ4v) is 5.64. The molecule has 2 aliphatic rings. The average molecular weight is 496 g/mol. The highest BCUT2D eigenvalue weighted by molar-refractivity contribution is 7.91. The molecule has 5 rings (SSSR count). The number of nitrogens with zero attached hydrogens (tertiary/aromatic N) is 1. The number of aryl methyl sites for hydroxylation is 1. The molecule has 2 heterocycles. The Balaban J connectivity index is 1.24. The molecule has 184 valence electrons. The molecule has 2 N–H and O–H groups in total. The van der Waals surface area contributed by atoms with Crippen LogP contribution in [0.15, 0.2) is 42.6 Å². The molecular formula is C27H30FN3O3S. The number of benzene rings is 2. The molecule has 3 aromatic rings. The van der Waals surface area contributed by atoms with E-state index in [9.17, 15) is 13.7 Å². The number of halogens is 1. The number of amides is 1. The van der Waals surface area contributed by atoms with Gasteiger partial charge in [-0.05, 0) is 61.1 Å². The van der Waals surface area contributed by atoms with Gasteiger partial charge in [-0.15, -0.1) is 0 Å². The SMILES string of the molecule is Cc1c(NC(=O)c2ccc(OCC3CC3)cc2F)ccc2cc(CN[C@H]3CC[S@+]([O-])CC3)cnc12. The van der Waals surface area contributed by atoms with Crippen molar-refractivity contribution in [2.75, 3.05) is 23.4 Å². The van der Waals surface area contributed by atoms with Crippen molar-refractivity contribution in [3.8, 4) is 5.75 Å². The number of ether oxygens (including phenoxy) is 1. The smallest absolute Gasteiger partial charge is 0.258 e. The highest BCUT2D eigenvalue weighted by Gasteiger charge is 2.23. The Kier molecular flexibility index (Phi) is 7.22. The van der Waals surface area contributed by atoms with Gasteiger partial charge in [0.05, 0.1) is 17.7 Å². The summed E-state index contributed by atoms with van der Waals surface area (Å²) in [6, 6.07) is 10.6. The normalized spacial score (nSPS) is 20.1. The molecule has 6 nitrogen and oxygen atoms in total. The van der Waals surface area contributed by atoms with Crippen molar-refractivity contribution >= 4 is 33.7 Å². The van der Waals surface area contributed by atoms with Crippen LogP contribution in [0.3, 0.4) is 0 Å². The van der Waals surface area contributed by atoms with E-state index in [0.717, 1.165) is 59.2 Å². The third-order valence-electron chi connectivity index (χ3n) is 6.76. The number of fused-ring (bicyclic) bond motifs is 1. The molecule has 1 saturated heterocycles. The topological polar surface area (TPSA) is 86.3 Å². The number of rotatable bonds is 8. The summed E-state index contributed by atoms with van der Waals surface area (Å²) in [7, 11) is 0. The molecule has 0 unspecified atom stereocenters. The van der Waals surface area contributed by atoms with Crippen molar-refractivity contribution in [3.63, 3.8) is 0 Å². The first-order chi connectivity index (χ1) is 17.0. The third kappa shape index (κ3) is 5.94. The van der Waals surface area contributed by atoms with Crippen LogP contribution in [0.2, 0.25) is 0 Å². The van der Waals surface area contributed by atoms with Crippen LogP contribution in [0.25, 0.3) is 10.9 Å². The maximum atomic E-state index is 14.6. The maximum Gasteiger partial charge on any atom is 0.258 e. The second-order valence-electron chi connectivity index (χ2n) is 9.51. The molecule has 0 spiro atoms. The van der Waals surface area contributed by atoms with Gasteiger partial charge >= 0.3 is 0 Å². The van der Waals surface area contributed by atoms with Crippen molar-refractivity contribution in [3.05, 3.63) is 65.1 Å². The van der Waals surface area contributed by atoms with Crippen molar-refractivity contribution in [2.24, 2.45) is 5.92 Å². The molecule has 1 aliphatic carbocycles. The van der Waals surface area contributed by atoms with E-state index in [1.165, 1.54) is 12.1 Å². The molecule has 2 aromatic carbocycles. The average Bonchev–Trinajstić information content (AvgIpc) is 3.69. The first-order valence-corrected chi connectivity index (χ1v) is 13.7. The number of carbonyl (C=O) groups is 1. The van der Waals surface area contributed by atoms with Gasteiger partial charge in [0.2, 0.25) is 0 Å². The van der Waals surface area contributed by atoms with Gasteiger partial charge in [0, 0.05) is 48.8 Å². The van der Waals surface area contributed by atoms with E-state index in [1.54, 1.807) is 6.07 Å². The predicted molar refractivity (Wildman–Crippen MR) is 137 cm³/mol. The second-order valence-corrected chi connectivity index (χ2v) is 11.2. The Labute approximate surface area is 207 Å². The van der Waals surface area contributed by atoms with E-state index in [1.807, 2.05) is 25.3 Å². The first kappa shape index (κ1) is 24.0. The molecule has 1 aliphatic heterocycles. The summed E-state index contributed by atoms with van der Waals surface area (Å²) in [5.74, 6) is 1.44. The van der Waals surface area contributed by atoms with Crippen molar-refractivity contribution in [2.45, 2.75) is 45.2 Å². The van der Waals surface area contributed by atoms with E-state index in [-0.39, 0.29) is 5.56 Å². The largest absolute Gasteiger partial charge is 0.616 e. The van der Waals surface area contributed by atoms with E-state index in [2.05, 4.69) is 21.7 Å². The van der Waals surface area contributed by atoms with Crippen LogP contribution in [-0.4, -0.2) is 39.6 Å².